The molecular formula is C18H19F3N2O. The maximum Gasteiger partial charge on any atom is 0.319 e. The number of benzene rings is 2. The molecule has 0 aliphatic heterocycles. The van der Waals surface area contributed by atoms with Crippen LogP contribution in [0.2, 0.25) is 0 Å². The van der Waals surface area contributed by atoms with E-state index in [9.17, 15) is 18.0 Å². The molecule has 0 atom stereocenters. The van der Waals surface area contributed by atoms with Crippen LogP contribution in [0.1, 0.15) is 25.0 Å². The third kappa shape index (κ3) is 4.07. The molecule has 0 aromatic heterocycles. The van der Waals surface area contributed by atoms with E-state index in [2.05, 4.69) is 10.6 Å². The molecule has 2 aromatic carbocycles. The van der Waals surface area contributed by atoms with E-state index in [0.29, 0.717) is 0 Å². The lowest BCUT2D eigenvalue weighted by atomic mass is 9.84. The number of carbonyl (C=O) groups excluding carboxylic acids is 1. The molecule has 0 aliphatic rings. The van der Waals surface area contributed by atoms with E-state index in [1.54, 1.807) is 0 Å². The van der Waals surface area contributed by atoms with Gasteiger partial charge in [-0.15, -0.1) is 0 Å². The molecule has 2 amide bonds. The van der Waals surface area contributed by atoms with Crippen molar-refractivity contribution in [2.45, 2.75) is 26.2 Å². The average Bonchev–Trinajstić information content (AvgIpc) is 2.54. The Morgan fingerprint density at radius 3 is 2.25 bits per heavy atom. The van der Waals surface area contributed by atoms with Crippen molar-refractivity contribution >= 4 is 11.7 Å². The lowest BCUT2D eigenvalue weighted by molar-refractivity contribution is 0.249. The van der Waals surface area contributed by atoms with Crippen molar-refractivity contribution in [2.75, 3.05) is 11.9 Å². The first-order chi connectivity index (χ1) is 11.2. The Hall–Kier alpha value is -2.50. The van der Waals surface area contributed by atoms with Gasteiger partial charge in [-0.2, -0.15) is 0 Å². The molecule has 0 saturated heterocycles. The largest absolute Gasteiger partial charge is 0.337 e. The van der Waals surface area contributed by atoms with Crippen LogP contribution in [-0.2, 0) is 5.41 Å². The second-order valence-corrected chi connectivity index (χ2v) is 6.28. The topological polar surface area (TPSA) is 41.1 Å². The van der Waals surface area contributed by atoms with Crippen molar-refractivity contribution in [1.29, 1.82) is 0 Å². The Morgan fingerprint density at radius 1 is 1.00 bits per heavy atom. The number of halogens is 3. The highest BCUT2D eigenvalue weighted by Crippen LogP contribution is 2.23. The van der Waals surface area contributed by atoms with Gasteiger partial charge >= 0.3 is 6.03 Å². The summed E-state index contributed by atoms with van der Waals surface area (Å²) in [6, 6.07) is 8.94. The van der Waals surface area contributed by atoms with E-state index < -0.39 is 29.2 Å². The summed E-state index contributed by atoms with van der Waals surface area (Å²) in [5.74, 6) is -4.35. The van der Waals surface area contributed by atoms with Crippen molar-refractivity contribution in [1.82, 2.24) is 5.32 Å². The fourth-order valence-corrected chi connectivity index (χ4v) is 2.20. The first-order valence-corrected chi connectivity index (χ1v) is 7.46. The van der Waals surface area contributed by atoms with Gasteiger partial charge in [0.15, 0.2) is 17.5 Å². The van der Waals surface area contributed by atoms with Gasteiger partial charge in [-0.05, 0) is 24.6 Å². The van der Waals surface area contributed by atoms with Crippen molar-refractivity contribution in [3.05, 3.63) is 65.0 Å². The van der Waals surface area contributed by atoms with Crippen molar-refractivity contribution in [2.24, 2.45) is 0 Å². The second kappa shape index (κ2) is 6.95. The van der Waals surface area contributed by atoms with Gasteiger partial charge in [0, 0.05) is 12.0 Å². The SMILES string of the molecule is Cc1ccc(C(C)(C)CNC(=O)Nc2ccc(F)c(F)c2F)cc1. The fraction of sp³-hybridized carbons (Fsp3) is 0.278. The van der Waals surface area contributed by atoms with E-state index in [-0.39, 0.29) is 12.0 Å². The third-order valence-electron chi connectivity index (χ3n) is 3.81. The molecule has 0 fully saturated rings. The van der Waals surface area contributed by atoms with Crippen LogP contribution in [0.4, 0.5) is 23.7 Å². The zero-order valence-electron chi connectivity index (χ0n) is 13.7. The highest BCUT2D eigenvalue weighted by molar-refractivity contribution is 5.89. The monoisotopic (exact) mass is 336 g/mol. The van der Waals surface area contributed by atoms with Crippen LogP contribution in [-0.4, -0.2) is 12.6 Å². The van der Waals surface area contributed by atoms with Crippen LogP contribution in [0.15, 0.2) is 36.4 Å². The van der Waals surface area contributed by atoms with Crippen LogP contribution in [0.5, 0.6) is 0 Å². The molecule has 0 radical (unpaired) electrons. The van der Waals surface area contributed by atoms with Crippen LogP contribution in [0.3, 0.4) is 0 Å². The number of hydrogen-bond acceptors (Lipinski definition) is 1. The lowest BCUT2D eigenvalue weighted by Gasteiger charge is -2.26. The summed E-state index contributed by atoms with van der Waals surface area (Å²) >= 11 is 0. The van der Waals surface area contributed by atoms with Gasteiger partial charge in [-0.25, -0.2) is 18.0 Å². The number of rotatable bonds is 4. The smallest absolute Gasteiger partial charge is 0.319 e. The second-order valence-electron chi connectivity index (χ2n) is 6.28. The normalized spacial score (nSPS) is 11.2. The minimum absolute atomic E-state index is 0.285. The van der Waals surface area contributed by atoms with Crippen LogP contribution in [0.25, 0.3) is 0 Å². The minimum atomic E-state index is -1.62. The number of urea groups is 1. The molecule has 6 heteroatoms. The molecule has 0 bridgehead atoms. The number of amides is 2. The standard InChI is InChI=1S/C18H19F3N2O/c1-11-4-6-12(7-5-11)18(2,3)10-22-17(24)23-14-9-8-13(19)15(20)16(14)21/h4-9H,10H2,1-3H3,(H2,22,23,24). The summed E-state index contributed by atoms with van der Waals surface area (Å²) < 4.78 is 39.6. The summed E-state index contributed by atoms with van der Waals surface area (Å²) in [5.41, 5.74) is 1.40. The van der Waals surface area contributed by atoms with Crippen LogP contribution >= 0.6 is 0 Å². The van der Waals surface area contributed by atoms with Gasteiger partial charge in [-0.1, -0.05) is 43.7 Å². The predicted octanol–water partition coefficient (Wildman–Crippen LogP) is 4.51. The van der Waals surface area contributed by atoms with Crippen LogP contribution < -0.4 is 10.6 Å². The van der Waals surface area contributed by atoms with Gasteiger partial charge in [0.05, 0.1) is 5.69 Å². The van der Waals surface area contributed by atoms with E-state index in [4.69, 9.17) is 0 Å². The Bertz CT molecular complexity index is 743. The molecule has 3 nitrogen and oxygen atoms in total. The number of carbonyl (C=O) groups is 1. The Kier molecular flexibility index (Phi) is 5.17. The zero-order chi connectivity index (χ0) is 17.9. The summed E-state index contributed by atoms with van der Waals surface area (Å²) in [6.07, 6.45) is 0. The third-order valence-corrected chi connectivity index (χ3v) is 3.81. The summed E-state index contributed by atoms with van der Waals surface area (Å²) in [7, 11) is 0. The molecule has 0 unspecified atom stereocenters. The van der Waals surface area contributed by atoms with Crippen molar-refractivity contribution in [3.8, 4) is 0 Å². The van der Waals surface area contributed by atoms with E-state index >= 15 is 0 Å². The quantitative estimate of drug-likeness (QED) is 0.793. The Labute approximate surface area is 138 Å². The summed E-state index contributed by atoms with van der Waals surface area (Å²) in [6.45, 7) is 6.18. The van der Waals surface area contributed by atoms with E-state index in [1.165, 1.54) is 0 Å². The van der Waals surface area contributed by atoms with Crippen molar-refractivity contribution in [3.63, 3.8) is 0 Å². The number of nitrogens with one attached hydrogen (secondary N) is 2. The van der Waals surface area contributed by atoms with Gasteiger partial charge < -0.3 is 10.6 Å². The number of anilines is 1. The molecule has 0 spiro atoms. The molecule has 0 heterocycles. The fourth-order valence-electron chi connectivity index (χ4n) is 2.20. The minimum Gasteiger partial charge on any atom is -0.337 e. The van der Waals surface area contributed by atoms with Crippen molar-refractivity contribution < 1.29 is 18.0 Å². The van der Waals surface area contributed by atoms with Gasteiger partial charge in [0.25, 0.3) is 0 Å². The van der Waals surface area contributed by atoms with Crippen LogP contribution in [0, 0.1) is 24.4 Å². The molecule has 2 rings (SSSR count). The first kappa shape index (κ1) is 17.8. The maximum absolute atomic E-state index is 13.5. The van der Waals surface area contributed by atoms with Gasteiger partial charge in [-0.3, -0.25) is 0 Å². The predicted molar refractivity (Wildman–Crippen MR) is 87.5 cm³/mol. The highest BCUT2D eigenvalue weighted by atomic mass is 19.2. The summed E-state index contributed by atoms with van der Waals surface area (Å²) in [5, 5.41) is 4.79. The number of hydrogen-bond donors (Lipinski definition) is 2. The Morgan fingerprint density at radius 2 is 1.62 bits per heavy atom. The van der Waals surface area contributed by atoms with E-state index in [1.807, 2.05) is 45.0 Å². The highest BCUT2D eigenvalue weighted by Gasteiger charge is 2.22. The van der Waals surface area contributed by atoms with E-state index in [0.717, 1.165) is 23.3 Å². The molecule has 0 saturated carbocycles. The lowest BCUT2D eigenvalue weighted by Crippen LogP contribution is -2.39. The van der Waals surface area contributed by atoms with Gasteiger partial charge in [0.1, 0.15) is 0 Å². The molecule has 128 valence electrons. The molecule has 0 aliphatic carbocycles. The van der Waals surface area contributed by atoms with Gasteiger partial charge in [0.2, 0.25) is 0 Å². The molecule has 2 aromatic rings. The average molecular weight is 336 g/mol. The maximum atomic E-state index is 13.5. The number of aryl methyl sites for hydroxylation is 1. The molecule has 2 N–H and O–H groups in total. The Balaban J connectivity index is 2.00. The zero-order valence-corrected chi connectivity index (χ0v) is 13.7. The molecule has 24 heavy (non-hydrogen) atoms. The molecular weight excluding hydrogens is 317 g/mol. The first-order valence-electron chi connectivity index (χ1n) is 7.46. The summed E-state index contributed by atoms with van der Waals surface area (Å²) in [4.78, 5) is 11.9.